The van der Waals surface area contributed by atoms with E-state index >= 15 is 0 Å². The zero-order chi connectivity index (χ0) is 19.6. The Bertz CT molecular complexity index is 611. The molecule has 1 saturated carbocycles. The van der Waals surface area contributed by atoms with Gasteiger partial charge in [0.2, 0.25) is 5.91 Å². The molecule has 1 amide bonds. The zero-order valence-corrected chi connectivity index (χ0v) is 19.8. The maximum Gasteiger partial charge on any atom is 0.223 e. The van der Waals surface area contributed by atoms with Crippen molar-refractivity contribution in [3.05, 3.63) is 24.2 Å². The van der Waals surface area contributed by atoms with E-state index in [1.165, 1.54) is 32.1 Å². The van der Waals surface area contributed by atoms with Gasteiger partial charge >= 0.3 is 0 Å². The minimum absolute atomic E-state index is 0. The van der Waals surface area contributed by atoms with E-state index in [2.05, 4.69) is 25.8 Å². The lowest BCUT2D eigenvalue weighted by molar-refractivity contribution is -0.125. The summed E-state index contributed by atoms with van der Waals surface area (Å²) in [6, 6.07) is 4.20. The Hall–Kier alpha value is -1.29. The summed E-state index contributed by atoms with van der Waals surface area (Å²) in [6.07, 6.45) is 9.92. The van der Waals surface area contributed by atoms with Crippen molar-refractivity contribution in [2.75, 3.05) is 39.8 Å². The predicted octanol–water partition coefficient (Wildman–Crippen LogP) is 2.90. The minimum Gasteiger partial charge on any atom is -0.468 e. The molecular weight excluding hydrogens is 481 g/mol. The number of rotatable bonds is 8. The van der Waals surface area contributed by atoms with Gasteiger partial charge in [-0.25, -0.2) is 0 Å². The molecule has 1 atom stereocenters. The van der Waals surface area contributed by atoms with Crippen molar-refractivity contribution in [1.29, 1.82) is 0 Å². The van der Waals surface area contributed by atoms with E-state index in [9.17, 15) is 4.79 Å². The van der Waals surface area contributed by atoms with Gasteiger partial charge in [0.15, 0.2) is 5.96 Å². The molecule has 1 aliphatic carbocycles. The van der Waals surface area contributed by atoms with Gasteiger partial charge in [-0.15, -0.1) is 24.0 Å². The van der Waals surface area contributed by atoms with Crippen LogP contribution in [0.3, 0.4) is 0 Å². The molecule has 2 heterocycles. The molecule has 8 heteroatoms. The second-order valence-electron chi connectivity index (χ2n) is 7.78. The summed E-state index contributed by atoms with van der Waals surface area (Å²) in [6.45, 7) is 4.22. The highest BCUT2D eigenvalue weighted by Crippen LogP contribution is 2.25. The first-order valence-electron chi connectivity index (χ1n) is 10.8. The fourth-order valence-corrected chi connectivity index (χ4v) is 4.23. The number of hydrogen-bond acceptors (Lipinski definition) is 4. The minimum atomic E-state index is 0. The van der Waals surface area contributed by atoms with Crippen LogP contribution in [-0.2, 0) is 4.79 Å². The second kappa shape index (κ2) is 13.1. The van der Waals surface area contributed by atoms with Crippen LogP contribution in [-0.4, -0.2) is 56.5 Å². The van der Waals surface area contributed by atoms with E-state index in [1.807, 2.05) is 12.1 Å². The SMILES string of the molecule is CN=C(NCCNC(=O)C1CCCCC1)NCC(c1ccco1)N1CCCC1.I. The van der Waals surface area contributed by atoms with Gasteiger partial charge in [-0.05, 0) is 50.9 Å². The lowest BCUT2D eigenvalue weighted by atomic mass is 9.89. The van der Waals surface area contributed by atoms with Crippen molar-refractivity contribution in [3.63, 3.8) is 0 Å². The van der Waals surface area contributed by atoms with Crippen LogP contribution in [0, 0.1) is 5.92 Å². The predicted molar refractivity (Wildman–Crippen MR) is 127 cm³/mol. The Balaban J connectivity index is 0.00000300. The van der Waals surface area contributed by atoms with E-state index in [1.54, 1.807) is 13.3 Å². The van der Waals surface area contributed by atoms with Crippen molar-refractivity contribution in [2.24, 2.45) is 10.9 Å². The highest BCUT2D eigenvalue weighted by molar-refractivity contribution is 14.0. The molecule has 3 N–H and O–H groups in total. The Morgan fingerprint density at radius 2 is 1.86 bits per heavy atom. The molecule has 1 aromatic rings. The molecule has 2 fully saturated rings. The molecule has 2 aliphatic rings. The number of nitrogens with one attached hydrogen (secondary N) is 3. The molecule has 1 aromatic heterocycles. The number of hydrogen-bond donors (Lipinski definition) is 3. The summed E-state index contributed by atoms with van der Waals surface area (Å²) in [4.78, 5) is 19.0. The van der Waals surface area contributed by atoms with Gasteiger partial charge < -0.3 is 20.4 Å². The van der Waals surface area contributed by atoms with Gasteiger partial charge in [-0.2, -0.15) is 0 Å². The molecule has 0 bridgehead atoms. The first kappa shape index (κ1) is 24.0. The Labute approximate surface area is 191 Å². The highest BCUT2D eigenvalue weighted by Gasteiger charge is 2.25. The summed E-state index contributed by atoms with van der Waals surface area (Å²) in [5, 5.41) is 9.76. The van der Waals surface area contributed by atoms with Crippen molar-refractivity contribution in [3.8, 4) is 0 Å². The quantitative estimate of drug-likeness (QED) is 0.214. The fourth-order valence-electron chi connectivity index (χ4n) is 4.23. The maximum atomic E-state index is 12.2. The van der Waals surface area contributed by atoms with Crippen molar-refractivity contribution < 1.29 is 9.21 Å². The monoisotopic (exact) mass is 517 g/mol. The van der Waals surface area contributed by atoms with E-state index in [4.69, 9.17) is 4.42 Å². The van der Waals surface area contributed by atoms with Gasteiger partial charge in [-0.3, -0.25) is 14.7 Å². The first-order valence-corrected chi connectivity index (χ1v) is 10.8. The smallest absolute Gasteiger partial charge is 0.223 e. The first-order chi connectivity index (χ1) is 13.8. The topological polar surface area (TPSA) is 81.9 Å². The summed E-state index contributed by atoms with van der Waals surface area (Å²) in [5.74, 6) is 2.16. The molecular formula is C21H36IN5O2. The van der Waals surface area contributed by atoms with Gasteiger partial charge in [0.05, 0.1) is 12.3 Å². The normalized spacial score (nSPS) is 19.4. The Kier molecular flexibility index (Phi) is 10.8. The number of nitrogens with zero attached hydrogens (tertiary/aromatic N) is 2. The standard InChI is InChI=1S/C21H35N5O2.HI/c1-22-21(24-12-11-23-20(27)17-8-3-2-4-9-17)25-16-18(19-10-7-15-28-19)26-13-5-6-14-26;/h7,10,15,17-18H,2-6,8-9,11-14,16H2,1H3,(H,23,27)(H2,22,24,25);1H. The Morgan fingerprint density at radius 3 is 2.52 bits per heavy atom. The van der Waals surface area contributed by atoms with E-state index < -0.39 is 0 Å². The van der Waals surface area contributed by atoms with Crippen LogP contribution in [0.25, 0.3) is 0 Å². The maximum absolute atomic E-state index is 12.2. The van der Waals surface area contributed by atoms with Crippen molar-refractivity contribution in [1.82, 2.24) is 20.9 Å². The third-order valence-corrected chi connectivity index (χ3v) is 5.83. The molecule has 3 rings (SSSR count). The number of carbonyl (C=O) groups is 1. The number of guanidine groups is 1. The summed E-state index contributed by atoms with van der Waals surface area (Å²) in [7, 11) is 1.77. The average Bonchev–Trinajstić information content (AvgIpc) is 3.45. The molecule has 1 aliphatic heterocycles. The number of furan rings is 1. The van der Waals surface area contributed by atoms with Gasteiger partial charge in [0.1, 0.15) is 5.76 Å². The molecule has 1 saturated heterocycles. The molecule has 0 aromatic carbocycles. The van der Waals surface area contributed by atoms with Crippen LogP contribution in [0.5, 0.6) is 0 Å². The largest absolute Gasteiger partial charge is 0.468 e. The lowest BCUT2D eigenvalue weighted by Crippen LogP contribution is -2.45. The third kappa shape index (κ3) is 7.47. The average molecular weight is 517 g/mol. The van der Waals surface area contributed by atoms with E-state index in [0.29, 0.717) is 13.1 Å². The third-order valence-electron chi connectivity index (χ3n) is 5.83. The molecule has 29 heavy (non-hydrogen) atoms. The van der Waals surface area contributed by atoms with Gasteiger partial charge in [-0.1, -0.05) is 19.3 Å². The molecule has 0 radical (unpaired) electrons. The number of halogens is 1. The fraction of sp³-hybridized carbons (Fsp3) is 0.714. The van der Waals surface area contributed by atoms with Crippen LogP contribution in [0.1, 0.15) is 56.7 Å². The Morgan fingerprint density at radius 1 is 1.14 bits per heavy atom. The van der Waals surface area contributed by atoms with Gasteiger partial charge in [0.25, 0.3) is 0 Å². The zero-order valence-electron chi connectivity index (χ0n) is 17.5. The van der Waals surface area contributed by atoms with Crippen LogP contribution < -0.4 is 16.0 Å². The number of likely N-dealkylation sites (tertiary alicyclic amines) is 1. The van der Waals surface area contributed by atoms with E-state index in [-0.39, 0.29) is 41.8 Å². The van der Waals surface area contributed by atoms with Gasteiger partial charge in [0, 0.05) is 32.6 Å². The van der Waals surface area contributed by atoms with E-state index in [0.717, 1.165) is 44.2 Å². The molecule has 0 spiro atoms. The van der Waals surface area contributed by atoms with Crippen LogP contribution >= 0.6 is 24.0 Å². The summed E-state index contributed by atoms with van der Waals surface area (Å²) < 4.78 is 5.67. The molecule has 164 valence electrons. The molecule has 1 unspecified atom stereocenters. The lowest BCUT2D eigenvalue weighted by Gasteiger charge is -2.26. The number of carbonyl (C=O) groups excluding carboxylic acids is 1. The van der Waals surface area contributed by atoms with Crippen LogP contribution in [0.2, 0.25) is 0 Å². The van der Waals surface area contributed by atoms with Crippen LogP contribution in [0.4, 0.5) is 0 Å². The second-order valence-corrected chi connectivity index (χ2v) is 7.78. The summed E-state index contributed by atoms with van der Waals surface area (Å²) >= 11 is 0. The van der Waals surface area contributed by atoms with Crippen LogP contribution in [0.15, 0.2) is 27.8 Å². The van der Waals surface area contributed by atoms with Crippen molar-refractivity contribution in [2.45, 2.75) is 51.0 Å². The van der Waals surface area contributed by atoms with Crippen molar-refractivity contribution >= 4 is 35.8 Å². The molecule has 7 nitrogen and oxygen atoms in total. The number of aliphatic imine (C=N–C) groups is 1. The highest BCUT2D eigenvalue weighted by atomic mass is 127. The summed E-state index contributed by atoms with van der Waals surface area (Å²) in [5.41, 5.74) is 0. The number of amides is 1.